The van der Waals surface area contributed by atoms with Crippen molar-refractivity contribution in [3.63, 3.8) is 0 Å². The highest BCUT2D eigenvalue weighted by molar-refractivity contribution is 5.97. The fourth-order valence-corrected chi connectivity index (χ4v) is 2.22. The highest BCUT2D eigenvalue weighted by Crippen LogP contribution is 2.22. The third kappa shape index (κ3) is 4.05. The molecule has 1 aromatic carbocycles. The van der Waals surface area contributed by atoms with Gasteiger partial charge in [0.05, 0.1) is 13.7 Å². The molecular formula is C15H20O8. The Labute approximate surface area is 132 Å². The summed E-state index contributed by atoms with van der Waals surface area (Å²) >= 11 is 0. The van der Waals surface area contributed by atoms with E-state index in [1.165, 1.54) is 7.11 Å². The van der Waals surface area contributed by atoms with Gasteiger partial charge in [-0.3, -0.25) is 4.79 Å². The molecule has 0 bridgehead atoms. The first-order valence-corrected chi connectivity index (χ1v) is 7.07. The molecule has 128 valence electrons. The molecule has 0 unspecified atom stereocenters. The Morgan fingerprint density at radius 1 is 1.13 bits per heavy atom. The van der Waals surface area contributed by atoms with Crippen molar-refractivity contribution in [3.05, 3.63) is 29.8 Å². The van der Waals surface area contributed by atoms with Crippen molar-refractivity contribution in [2.45, 2.75) is 30.7 Å². The molecule has 1 saturated heterocycles. The summed E-state index contributed by atoms with van der Waals surface area (Å²) in [5.74, 6) is 0.251. The van der Waals surface area contributed by atoms with E-state index in [2.05, 4.69) is 0 Å². The third-order valence-corrected chi connectivity index (χ3v) is 3.64. The van der Waals surface area contributed by atoms with E-state index in [1.807, 2.05) is 0 Å². The quantitative estimate of drug-likeness (QED) is 0.475. The smallest absolute Gasteiger partial charge is 0.188 e. The molecule has 0 amide bonds. The van der Waals surface area contributed by atoms with Gasteiger partial charge in [0.15, 0.2) is 12.1 Å². The second-order valence-electron chi connectivity index (χ2n) is 5.16. The topological polar surface area (TPSA) is 126 Å². The van der Waals surface area contributed by atoms with Crippen molar-refractivity contribution in [2.75, 3.05) is 20.3 Å². The van der Waals surface area contributed by atoms with Crippen LogP contribution in [0.25, 0.3) is 0 Å². The number of carbonyl (C=O) groups excluding carboxylic acids is 1. The molecule has 0 saturated carbocycles. The summed E-state index contributed by atoms with van der Waals surface area (Å²) in [4.78, 5) is 12.0. The monoisotopic (exact) mass is 328 g/mol. The number of hydrogen-bond acceptors (Lipinski definition) is 8. The molecule has 1 aliphatic rings. The van der Waals surface area contributed by atoms with E-state index in [-0.39, 0.29) is 5.78 Å². The lowest BCUT2D eigenvalue weighted by Gasteiger charge is -2.39. The fraction of sp³-hybridized carbons (Fsp3) is 0.533. The summed E-state index contributed by atoms with van der Waals surface area (Å²) in [7, 11) is 1.51. The number of ether oxygens (including phenoxy) is 3. The second-order valence-corrected chi connectivity index (χ2v) is 5.16. The van der Waals surface area contributed by atoms with Gasteiger partial charge in [-0.25, -0.2) is 0 Å². The summed E-state index contributed by atoms with van der Waals surface area (Å²) in [6.07, 6.45) is -6.94. The summed E-state index contributed by atoms with van der Waals surface area (Å²) < 4.78 is 15.3. The average Bonchev–Trinajstić information content (AvgIpc) is 2.59. The number of Topliss-reactive ketones (excluding diaryl/α,β-unsaturated/α-hetero) is 1. The lowest BCUT2D eigenvalue weighted by molar-refractivity contribution is -0.298. The molecule has 1 fully saturated rings. The van der Waals surface area contributed by atoms with Crippen LogP contribution in [0.15, 0.2) is 24.3 Å². The van der Waals surface area contributed by atoms with Crippen LogP contribution in [0.5, 0.6) is 5.75 Å². The Morgan fingerprint density at radius 3 is 2.35 bits per heavy atom. The van der Waals surface area contributed by atoms with Gasteiger partial charge in [-0.05, 0) is 24.3 Å². The van der Waals surface area contributed by atoms with E-state index in [0.717, 1.165) is 0 Å². The lowest BCUT2D eigenvalue weighted by atomic mass is 9.99. The third-order valence-electron chi connectivity index (χ3n) is 3.64. The van der Waals surface area contributed by atoms with Crippen molar-refractivity contribution in [1.82, 2.24) is 0 Å². The zero-order valence-electron chi connectivity index (χ0n) is 12.5. The highest BCUT2D eigenvalue weighted by Gasteiger charge is 2.44. The van der Waals surface area contributed by atoms with Gasteiger partial charge in [0.25, 0.3) is 0 Å². The zero-order chi connectivity index (χ0) is 17.0. The number of aliphatic hydroxyl groups excluding tert-OH is 4. The van der Waals surface area contributed by atoms with Crippen LogP contribution in [-0.4, -0.2) is 77.2 Å². The minimum absolute atomic E-state index is 0.357. The van der Waals surface area contributed by atoms with Gasteiger partial charge < -0.3 is 34.6 Å². The van der Waals surface area contributed by atoms with Gasteiger partial charge in [0, 0.05) is 5.56 Å². The number of rotatable bonds is 6. The molecular weight excluding hydrogens is 308 g/mol. The first kappa shape index (κ1) is 17.8. The van der Waals surface area contributed by atoms with E-state index in [9.17, 15) is 20.1 Å². The van der Waals surface area contributed by atoms with Crippen LogP contribution in [0.4, 0.5) is 0 Å². The Balaban J connectivity index is 1.94. The Morgan fingerprint density at radius 2 is 1.78 bits per heavy atom. The number of hydrogen-bond donors (Lipinski definition) is 4. The Hall–Kier alpha value is -1.55. The minimum Gasteiger partial charge on any atom is -0.497 e. The minimum atomic E-state index is -1.54. The normalized spacial score (nSPS) is 30.9. The Kier molecular flexibility index (Phi) is 6.05. The largest absolute Gasteiger partial charge is 0.497 e. The summed E-state index contributed by atoms with van der Waals surface area (Å²) in [6.45, 7) is -0.952. The molecule has 5 atom stereocenters. The Bertz CT molecular complexity index is 515. The van der Waals surface area contributed by atoms with Crippen molar-refractivity contribution in [1.29, 1.82) is 0 Å². The SMILES string of the molecule is COc1ccc(C(=O)CO[C@@H]2O[C@H](CO)[C@@H](O)[C@H](O)[C@H]2O)cc1. The molecule has 0 aliphatic carbocycles. The van der Waals surface area contributed by atoms with Crippen molar-refractivity contribution in [2.24, 2.45) is 0 Å². The second kappa shape index (κ2) is 7.82. The van der Waals surface area contributed by atoms with Crippen LogP contribution in [0, 0.1) is 0 Å². The molecule has 0 radical (unpaired) electrons. The van der Waals surface area contributed by atoms with Crippen molar-refractivity contribution >= 4 is 5.78 Å². The molecule has 1 aromatic rings. The maximum atomic E-state index is 12.0. The maximum Gasteiger partial charge on any atom is 0.188 e. The summed E-state index contributed by atoms with van der Waals surface area (Å²) in [5.41, 5.74) is 0.385. The van der Waals surface area contributed by atoms with Gasteiger partial charge in [0.2, 0.25) is 0 Å². The average molecular weight is 328 g/mol. The first-order chi connectivity index (χ1) is 11.0. The molecule has 23 heavy (non-hydrogen) atoms. The molecule has 8 heteroatoms. The van der Waals surface area contributed by atoms with Gasteiger partial charge in [-0.2, -0.15) is 0 Å². The number of benzene rings is 1. The summed E-state index contributed by atoms with van der Waals surface area (Å²) in [6, 6.07) is 6.39. The van der Waals surface area contributed by atoms with Crippen LogP contribution >= 0.6 is 0 Å². The molecule has 1 aliphatic heterocycles. The van der Waals surface area contributed by atoms with Crippen LogP contribution in [0.2, 0.25) is 0 Å². The molecule has 0 spiro atoms. The summed E-state index contributed by atoms with van der Waals surface area (Å²) in [5, 5.41) is 38.2. The van der Waals surface area contributed by atoms with Crippen molar-refractivity contribution in [3.8, 4) is 5.75 Å². The number of aliphatic hydroxyl groups is 4. The predicted molar refractivity (Wildman–Crippen MR) is 77.0 cm³/mol. The van der Waals surface area contributed by atoms with Gasteiger partial charge in [0.1, 0.15) is 36.8 Å². The van der Waals surface area contributed by atoms with E-state index in [4.69, 9.17) is 19.3 Å². The molecule has 2 rings (SSSR count). The number of carbonyl (C=O) groups is 1. The molecule has 1 heterocycles. The van der Waals surface area contributed by atoms with E-state index < -0.39 is 43.9 Å². The number of methoxy groups -OCH3 is 1. The van der Waals surface area contributed by atoms with E-state index >= 15 is 0 Å². The molecule has 0 aromatic heterocycles. The lowest BCUT2D eigenvalue weighted by Crippen LogP contribution is -2.59. The molecule has 8 nitrogen and oxygen atoms in total. The van der Waals surface area contributed by atoms with Gasteiger partial charge >= 0.3 is 0 Å². The highest BCUT2D eigenvalue weighted by atomic mass is 16.7. The first-order valence-electron chi connectivity index (χ1n) is 7.07. The zero-order valence-corrected chi connectivity index (χ0v) is 12.5. The predicted octanol–water partition coefficient (Wildman–Crippen LogP) is -1.31. The fourth-order valence-electron chi connectivity index (χ4n) is 2.22. The van der Waals surface area contributed by atoms with Crippen LogP contribution < -0.4 is 4.74 Å². The molecule has 4 N–H and O–H groups in total. The number of ketones is 1. The maximum absolute atomic E-state index is 12.0. The van der Waals surface area contributed by atoms with Crippen LogP contribution in [-0.2, 0) is 9.47 Å². The van der Waals surface area contributed by atoms with E-state index in [1.54, 1.807) is 24.3 Å². The van der Waals surface area contributed by atoms with Gasteiger partial charge in [-0.15, -0.1) is 0 Å². The van der Waals surface area contributed by atoms with Crippen molar-refractivity contribution < 1.29 is 39.4 Å². The van der Waals surface area contributed by atoms with Crippen LogP contribution in [0.1, 0.15) is 10.4 Å². The van der Waals surface area contributed by atoms with Crippen LogP contribution in [0.3, 0.4) is 0 Å². The van der Waals surface area contributed by atoms with E-state index in [0.29, 0.717) is 11.3 Å². The standard InChI is InChI=1S/C15H20O8/c1-21-9-4-2-8(3-5-9)10(17)7-22-15-14(20)13(19)12(18)11(6-16)23-15/h2-5,11-16,18-20H,6-7H2,1H3/t11-,12-,13+,14-,15-/m1/s1. The van der Waals surface area contributed by atoms with Gasteiger partial charge in [-0.1, -0.05) is 0 Å².